The minimum absolute atomic E-state index is 0. The predicted molar refractivity (Wildman–Crippen MR) is 82.9 cm³/mol. The highest BCUT2D eigenvalue weighted by atomic mass is 35.5. The van der Waals surface area contributed by atoms with Crippen LogP contribution in [0.5, 0.6) is 5.75 Å². The highest BCUT2D eigenvalue weighted by Gasteiger charge is 2.14. The van der Waals surface area contributed by atoms with Crippen LogP contribution in [0.3, 0.4) is 0 Å². The predicted octanol–water partition coefficient (Wildman–Crippen LogP) is 1.99. The second kappa shape index (κ2) is 8.99. The lowest BCUT2D eigenvalue weighted by Crippen LogP contribution is -2.30. The van der Waals surface area contributed by atoms with Crippen LogP contribution in [0.25, 0.3) is 0 Å². The van der Waals surface area contributed by atoms with Gasteiger partial charge in [0.2, 0.25) is 10.0 Å². The summed E-state index contributed by atoms with van der Waals surface area (Å²) in [5.74, 6) is -0.0836. The van der Waals surface area contributed by atoms with E-state index >= 15 is 0 Å². The molecule has 3 N–H and O–H groups in total. The first-order valence-corrected chi connectivity index (χ1v) is 7.63. The molecule has 5 nitrogen and oxygen atoms in total. The molecule has 1 aromatic carbocycles. The molecule has 0 bridgehead atoms. The van der Waals surface area contributed by atoms with Crippen molar-refractivity contribution in [2.75, 3.05) is 13.2 Å². The van der Waals surface area contributed by atoms with Gasteiger partial charge >= 0.3 is 0 Å². The second-order valence-electron chi connectivity index (χ2n) is 4.42. The third-order valence-corrected chi connectivity index (χ3v) is 3.92. The molecule has 1 rings (SSSR count). The Labute approximate surface area is 130 Å². The minimum Gasteiger partial charge on any atom is -0.487 e. The summed E-state index contributed by atoms with van der Waals surface area (Å²) in [6.07, 6.45) is 1.21. The van der Waals surface area contributed by atoms with E-state index in [9.17, 15) is 12.8 Å². The molecular formula is C13H20ClFN2O3S. The van der Waals surface area contributed by atoms with Gasteiger partial charge in [0.05, 0.1) is 4.90 Å². The SMILES string of the molecule is CC(C)NS(=O)(=O)c1ccc(OC/C(F)=C/CN)cc1.Cl. The van der Waals surface area contributed by atoms with E-state index in [0.717, 1.165) is 0 Å². The molecule has 0 aliphatic carbocycles. The fourth-order valence-corrected chi connectivity index (χ4v) is 2.68. The van der Waals surface area contributed by atoms with E-state index in [-0.39, 0.29) is 36.5 Å². The van der Waals surface area contributed by atoms with Crippen molar-refractivity contribution in [3.8, 4) is 5.75 Å². The van der Waals surface area contributed by atoms with Crippen molar-refractivity contribution in [3.05, 3.63) is 36.2 Å². The molecule has 0 saturated heterocycles. The van der Waals surface area contributed by atoms with E-state index in [0.29, 0.717) is 5.75 Å². The Balaban J connectivity index is 0.00000400. The van der Waals surface area contributed by atoms with E-state index in [2.05, 4.69) is 4.72 Å². The van der Waals surface area contributed by atoms with Crippen molar-refractivity contribution in [1.82, 2.24) is 4.72 Å². The molecule has 0 unspecified atom stereocenters. The number of ether oxygens (including phenoxy) is 1. The maximum absolute atomic E-state index is 13.1. The molecule has 0 aromatic heterocycles. The van der Waals surface area contributed by atoms with Gasteiger partial charge < -0.3 is 10.5 Å². The van der Waals surface area contributed by atoms with E-state index in [1.807, 2.05) is 0 Å². The lowest BCUT2D eigenvalue weighted by atomic mass is 10.3. The topological polar surface area (TPSA) is 81.4 Å². The van der Waals surface area contributed by atoms with Crippen LogP contribution in [0.1, 0.15) is 13.8 Å². The van der Waals surface area contributed by atoms with Crippen LogP contribution in [-0.4, -0.2) is 27.6 Å². The zero-order chi connectivity index (χ0) is 15.2. The molecule has 0 spiro atoms. The molecule has 0 amide bonds. The number of sulfonamides is 1. The summed E-state index contributed by atoms with van der Waals surface area (Å²) < 4.78 is 44.4. The number of hydrogen-bond acceptors (Lipinski definition) is 4. The van der Waals surface area contributed by atoms with Crippen molar-refractivity contribution in [2.45, 2.75) is 24.8 Å². The van der Waals surface area contributed by atoms with Gasteiger partial charge in [-0.05, 0) is 44.2 Å². The smallest absolute Gasteiger partial charge is 0.240 e. The molecule has 0 atom stereocenters. The molecule has 0 aliphatic heterocycles. The Morgan fingerprint density at radius 3 is 2.43 bits per heavy atom. The molecule has 0 radical (unpaired) electrons. The van der Waals surface area contributed by atoms with Crippen molar-refractivity contribution in [1.29, 1.82) is 0 Å². The van der Waals surface area contributed by atoms with Crippen molar-refractivity contribution < 1.29 is 17.5 Å². The molecule has 1 aromatic rings. The molecule has 0 fully saturated rings. The first kappa shape index (κ1) is 19.9. The summed E-state index contributed by atoms with van der Waals surface area (Å²) in [6.45, 7) is 3.35. The monoisotopic (exact) mass is 338 g/mol. The zero-order valence-corrected chi connectivity index (χ0v) is 13.5. The Morgan fingerprint density at radius 2 is 1.95 bits per heavy atom. The summed E-state index contributed by atoms with van der Waals surface area (Å²) in [6, 6.07) is 5.58. The standard InChI is InChI=1S/C13H19FN2O3S.ClH/c1-10(2)16-20(17,18)13-5-3-12(4-6-13)19-9-11(14)7-8-15;/h3-7,10,16H,8-9,15H2,1-2H3;1H/b11-7-;. The summed E-state index contributed by atoms with van der Waals surface area (Å²) in [7, 11) is -3.52. The zero-order valence-electron chi connectivity index (χ0n) is 11.9. The van der Waals surface area contributed by atoms with Crippen LogP contribution in [-0.2, 0) is 10.0 Å². The van der Waals surface area contributed by atoms with Gasteiger partial charge in [0.1, 0.15) is 18.2 Å². The summed E-state index contributed by atoms with van der Waals surface area (Å²) in [4.78, 5) is 0.136. The largest absolute Gasteiger partial charge is 0.487 e. The van der Waals surface area contributed by atoms with Gasteiger partial charge in [-0.3, -0.25) is 0 Å². The van der Waals surface area contributed by atoms with Crippen molar-refractivity contribution >= 4 is 22.4 Å². The van der Waals surface area contributed by atoms with E-state index in [1.54, 1.807) is 13.8 Å². The van der Waals surface area contributed by atoms with E-state index < -0.39 is 15.9 Å². The quantitative estimate of drug-likeness (QED) is 0.796. The second-order valence-corrected chi connectivity index (χ2v) is 6.14. The Hall–Kier alpha value is -1.15. The van der Waals surface area contributed by atoms with Gasteiger partial charge in [0.15, 0.2) is 0 Å². The number of hydrogen-bond donors (Lipinski definition) is 2. The third-order valence-electron chi connectivity index (χ3n) is 2.24. The van der Waals surface area contributed by atoms with Crippen molar-refractivity contribution in [3.63, 3.8) is 0 Å². The van der Waals surface area contributed by atoms with Gasteiger partial charge in [0, 0.05) is 12.6 Å². The lowest BCUT2D eigenvalue weighted by molar-refractivity contribution is 0.318. The number of benzene rings is 1. The summed E-state index contributed by atoms with van der Waals surface area (Å²) in [5, 5.41) is 0. The average Bonchev–Trinajstić information content (AvgIpc) is 2.36. The maximum Gasteiger partial charge on any atom is 0.240 e. The normalized spacial score (nSPS) is 12.1. The third kappa shape index (κ3) is 6.90. The molecular weight excluding hydrogens is 319 g/mol. The van der Waals surface area contributed by atoms with Gasteiger partial charge in [-0.15, -0.1) is 12.4 Å². The van der Waals surface area contributed by atoms with Crippen molar-refractivity contribution in [2.24, 2.45) is 5.73 Å². The maximum atomic E-state index is 13.1. The summed E-state index contributed by atoms with van der Waals surface area (Å²) >= 11 is 0. The molecule has 21 heavy (non-hydrogen) atoms. The fourth-order valence-electron chi connectivity index (χ4n) is 1.43. The van der Waals surface area contributed by atoms with Crippen LogP contribution in [0.4, 0.5) is 4.39 Å². The number of rotatable bonds is 7. The Kier molecular flexibility index (Phi) is 8.50. The minimum atomic E-state index is -3.52. The summed E-state index contributed by atoms with van der Waals surface area (Å²) in [5.41, 5.74) is 5.16. The van der Waals surface area contributed by atoms with E-state index in [4.69, 9.17) is 10.5 Å². The van der Waals surface area contributed by atoms with Gasteiger partial charge in [-0.1, -0.05) is 0 Å². The van der Waals surface area contributed by atoms with Crippen LogP contribution in [0, 0.1) is 0 Å². The first-order valence-electron chi connectivity index (χ1n) is 6.15. The molecule has 0 heterocycles. The average molecular weight is 339 g/mol. The molecule has 0 saturated carbocycles. The van der Waals surface area contributed by atoms with E-state index in [1.165, 1.54) is 30.3 Å². The molecule has 0 aliphatic rings. The first-order chi connectivity index (χ1) is 9.35. The Bertz CT molecular complexity index is 559. The number of halogens is 2. The van der Waals surface area contributed by atoms with Gasteiger partial charge in [-0.2, -0.15) is 0 Å². The number of nitrogens with one attached hydrogen (secondary N) is 1. The van der Waals surface area contributed by atoms with Crippen LogP contribution in [0.2, 0.25) is 0 Å². The molecule has 8 heteroatoms. The van der Waals surface area contributed by atoms with Gasteiger partial charge in [0.25, 0.3) is 0 Å². The van der Waals surface area contributed by atoms with Gasteiger partial charge in [-0.25, -0.2) is 17.5 Å². The van der Waals surface area contributed by atoms with Crippen LogP contribution >= 0.6 is 12.4 Å². The fraction of sp³-hybridized carbons (Fsp3) is 0.385. The number of nitrogens with two attached hydrogens (primary N) is 1. The Morgan fingerprint density at radius 1 is 1.38 bits per heavy atom. The van der Waals surface area contributed by atoms with Crippen LogP contribution in [0.15, 0.2) is 41.1 Å². The molecule has 120 valence electrons. The highest BCUT2D eigenvalue weighted by Crippen LogP contribution is 2.17. The van der Waals surface area contributed by atoms with Crippen LogP contribution < -0.4 is 15.2 Å². The highest BCUT2D eigenvalue weighted by molar-refractivity contribution is 7.89. The lowest BCUT2D eigenvalue weighted by Gasteiger charge is -2.10.